The number of hydrogen-bond acceptors (Lipinski definition) is 6. The molecule has 0 radical (unpaired) electrons. The standard InChI is InChI=1S/C28H30ClF2NO5S/c29-21-8-10-22(11-9-21)38(34,35)28-25(19-37-27-24(31)13-12-23(30)26(27)28)32(14-4-16-33)15-5-17-36-18-20-6-2-1-3-7-20/h1-3,6-13,25,28,33H,4-5,14-19H2/t25-,28+/m1/s1. The van der Waals surface area contributed by atoms with Gasteiger partial charge >= 0.3 is 0 Å². The van der Waals surface area contributed by atoms with Gasteiger partial charge < -0.3 is 14.6 Å². The maximum atomic E-state index is 15.2. The first-order chi connectivity index (χ1) is 18.3. The third-order valence-electron chi connectivity index (χ3n) is 6.52. The zero-order valence-corrected chi connectivity index (χ0v) is 22.3. The van der Waals surface area contributed by atoms with Crippen LogP contribution in [0.4, 0.5) is 8.78 Å². The van der Waals surface area contributed by atoms with Crippen molar-refractivity contribution in [3.05, 3.63) is 94.5 Å². The van der Waals surface area contributed by atoms with E-state index in [1.54, 1.807) is 0 Å². The van der Waals surface area contributed by atoms with Crippen molar-refractivity contribution in [1.82, 2.24) is 4.90 Å². The SMILES string of the molecule is O=S(=O)(c1ccc(Cl)cc1)[C@@H]1c2c(F)ccc(F)c2OC[C@H]1N(CCCO)CCCOCc1ccccc1. The Kier molecular flexibility index (Phi) is 9.73. The van der Waals surface area contributed by atoms with Crippen LogP contribution in [0.1, 0.15) is 29.2 Å². The Morgan fingerprint density at radius 2 is 1.66 bits per heavy atom. The summed E-state index contributed by atoms with van der Waals surface area (Å²) < 4.78 is 69.2. The van der Waals surface area contributed by atoms with Crippen LogP contribution in [0.15, 0.2) is 71.6 Å². The first-order valence-corrected chi connectivity index (χ1v) is 14.3. The Labute approximate surface area is 226 Å². The van der Waals surface area contributed by atoms with Crippen molar-refractivity contribution >= 4 is 21.4 Å². The predicted octanol–water partition coefficient (Wildman–Crippen LogP) is 5.19. The Balaban J connectivity index is 1.62. The molecule has 0 spiro atoms. The van der Waals surface area contributed by atoms with Gasteiger partial charge in [-0.25, -0.2) is 17.2 Å². The van der Waals surface area contributed by atoms with E-state index in [0.717, 1.165) is 17.7 Å². The van der Waals surface area contributed by atoms with Gasteiger partial charge in [-0.3, -0.25) is 4.90 Å². The Morgan fingerprint density at radius 3 is 2.37 bits per heavy atom. The molecule has 0 unspecified atom stereocenters. The molecule has 0 aliphatic carbocycles. The third-order valence-corrected chi connectivity index (χ3v) is 8.92. The Bertz CT molecular complexity index is 1310. The number of nitrogens with zero attached hydrogens (tertiary/aromatic N) is 1. The average molecular weight is 566 g/mol. The van der Waals surface area contributed by atoms with E-state index in [1.165, 1.54) is 24.3 Å². The molecule has 0 aromatic heterocycles. The van der Waals surface area contributed by atoms with Crippen molar-refractivity contribution in [2.75, 3.05) is 32.9 Å². The van der Waals surface area contributed by atoms with Gasteiger partial charge in [0.15, 0.2) is 21.4 Å². The van der Waals surface area contributed by atoms with Crippen LogP contribution in [0, 0.1) is 11.6 Å². The lowest BCUT2D eigenvalue weighted by Crippen LogP contribution is -2.49. The van der Waals surface area contributed by atoms with E-state index in [0.29, 0.717) is 44.2 Å². The quantitative estimate of drug-likeness (QED) is 0.305. The summed E-state index contributed by atoms with van der Waals surface area (Å²) in [6.45, 7) is 1.31. The first-order valence-electron chi connectivity index (χ1n) is 12.4. The summed E-state index contributed by atoms with van der Waals surface area (Å²) in [7, 11) is -4.20. The van der Waals surface area contributed by atoms with E-state index < -0.39 is 38.5 Å². The summed E-state index contributed by atoms with van der Waals surface area (Å²) >= 11 is 5.96. The van der Waals surface area contributed by atoms with Crippen LogP contribution < -0.4 is 4.74 Å². The van der Waals surface area contributed by atoms with E-state index in [1.807, 2.05) is 35.2 Å². The molecule has 1 heterocycles. The molecule has 2 atom stereocenters. The molecule has 0 bridgehead atoms. The van der Waals surface area contributed by atoms with E-state index in [-0.39, 0.29) is 23.7 Å². The Hall–Kier alpha value is -2.56. The zero-order valence-electron chi connectivity index (χ0n) is 20.7. The minimum atomic E-state index is -4.20. The lowest BCUT2D eigenvalue weighted by Gasteiger charge is -2.40. The first kappa shape index (κ1) is 28.4. The largest absolute Gasteiger partial charge is 0.488 e. The number of sulfone groups is 1. The van der Waals surface area contributed by atoms with Crippen molar-refractivity contribution in [3.63, 3.8) is 0 Å². The van der Waals surface area contributed by atoms with Crippen molar-refractivity contribution < 1.29 is 31.8 Å². The molecule has 0 saturated heterocycles. The van der Waals surface area contributed by atoms with E-state index in [4.69, 9.17) is 21.1 Å². The number of hydrogen-bond donors (Lipinski definition) is 1. The van der Waals surface area contributed by atoms with Crippen LogP contribution in [0.5, 0.6) is 5.75 Å². The topological polar surface area (TPSA) is 76.1 Å². The van der Waals surface area contributed by atoms with Crippen LogP contribution in [-0.4, -0.2) is 57.4 Å². The molecule has 3 aromatic rings. The summed E-state index contributed by atoms with van der Waals surface area (Å²) in [5.74, 6) is -2.08. The van der Waals surface area contributed by atoms with Gasteiger partial charge in [-0.1, -0.05) is 41.9 Å². The number of rotatable bonds is 12. The van der Waals surface area contributed by atoms with Gasteiger partial charge in [-0.05, 0) is 54.8 Å². The molecule has 0 saturated carbocycles. The molecular formula is C28H30ClF2NO5S. The van der Waals surface area contributed by atoms with Gasteiger partial charge in [0, 0.05) is 31.3 Å². The van der Waals surface area contributed by atoms with E-state index in [9.17, 15) is 17.9 Å². The minimum absolute atomic E-state index is 0.0540. The number of aliphatic hydroxyl groups is 1. The molecule has 10 heteroatoms. The molecule has 38 heavy (non-hydrogen) atoms. The van der Waals surface area contributed by atoms with Crippen LogP contribution in [-0.2, 0) is 21.2 Å². The highest BCUT2D eigenvalue weighted by molar-refractivity contribution is 7.91. The summed E-state index contributed by atoms with van der Waals surface area (Å²) in [6.07, 6.45) is 0.925. The molecule has 0 amide bonds. The van der Waals surface area contributed by atoms with Crippen molar-refractivity contribution in [1.29, 1.82) is 0 Å². The molecule has 1 aliphatic rings. The second kappa shape index (κ2) is 13.0. The summed E-state index contributed by atoms with van der Waals surface area (Å²) in [4.78, 5) is 1.80. The number of ether oxygens (including phenoxy) is 2. The van der Waals surface area contributed by atoms with Gasteiger partial charge in [-0.2, -0.15) is 0 Å². The molecule has 3 aromatic carbocycles. The highest BCUT2D eigenvalue weighted by atomic mass is 35.5. The molecule has 0 fully saturated rings. The van der Waals surface area contributed by atoms with Crippen molar-refractivity contribution in [2.45, 2.75) is 35.6 Å². The minimum Gasteiger partial charge on any atom is -0.488 e. The van der Waals surface area contributed by atoms with Crippen LogP contribution in [0.25, 0.3) is 0 Å². The van der Waals surface area contributed by atoms with Crippen molar-refractivity contribution in [2.24, 2.45) is 0 Å². The molecular weight excluding hydrogens is 536 g/mol. The lowest BCUT2D eigenvalue weighted by atomic mass is 9.99. The maximum Gasteiger partial charge on any atom is 0.187 e. The molecule has 204 valence electrons. The monoisotopic (exact) mass is 565 g/mol. The fraction of sp³-hybridized carbons (Fsp3) is 0.357. The second-order valence-electron chi connectivity index (χ2n) is 9.07. The summed E-state index contributed by atoms with van der Waals surface area (Å²) in [6, 6.07) is 16.3. The molecule has 1 aliphatic heterocycles. The third kappa shape index (κ3) is 6.52. The number of aliphatic hydroxyl groups excluding tert-OH is 1. The highest BCUT2D eigenvalue weighted by Gasteiger charge is 2.46. The van der Waals surface area contributed by atoms with Crippen molar-refractivity contribution in [3.8, 4) is 5.75 Å². The number of fused-ring (bicyclic) bond motifs is 1. The van der Waals surface area contributed by atoms with Gasteiger partial charge in [0.05, 0.1) is 23.1 Å². The number of benzene rings is 3. The lowest BCUT2D eigenvalue weighted by molar-refractivity contribution is 0.0762. The fourth-order valence-corrected chi connectivity index (χ4v) is 6.82. The maximum absolute atomic E-state index is 15.2. The fourth-order valence-electron chi connectivity index (χ4n) is 4.69. The summed E-state index contributed by atoms with van der Waals surface area (Å²) in [5.41, 5.74) is 0.707. The summed E-state index contributed by atoms with van der Waals surface area (Å²) in [5, 5.41) is 8.41. The average Bonchev–Trinajstić information content (AvgIpc) is 2.92. The van der Waals surface area contributed by atoms with Gasteiger partial charge in [0.25, 0.3) is 0 Å². The van der Waals surface area contributed by atoms with Gasteiger partial charge in [0.1, 0.15) is 17.7 Å². The normalized spacial score (nSPS) is 17.3. The highest BCUT2D eigenvalue weighted by Crippen LogP contribution is 2.44. The Morgan fingerprint density at radius 1 is 0.974 bits per heavy atom. The number of halogens is 3. The van der Waals surface area contributed by atoms with E-state index >= 15 is 4.39 Å². The second-order valence-corrected chi connectivity index (χ2v) is 11.6. The van der Waals surface area contributed by atoms with Crippen LogP contribution >= 0.6 is 11.6 Å². The van der Waals surface area contributed by atoms with Gasteiger partial charge in [0.2, 0.25) is 0 Å². The molecule has 6 nitrogen and oxygen atoms in total. The smallest absolute Gasteiger partial charge is 0.187 e. The predicted molar refractivity (Wildman–Crippen MR) is 141 cm³/mol. The zero-order chi connectivity index (χ0) is 27.1. The van der Waals surface area contributed by atoms with Gasteiger partial charge in [-0.15, -0.1) is 0 Å². The molecule has 1 N–H and O–H groups in total. The van der Waals surface area contributed by atoms with E-state index in [2.05, 4.69) is 0 Å². The van der Waals surface area contributed by atoms with Crippen LogP contribution in [0.2, 0.25) is 5.02 Å². The molecule has 4 rings (SSSR count). The van der Waals surface area contributed by atoms with Crippen LogP contribution in [0.3, 0.4) is 0 Å².